The van der Waals surface area contributed by atoms with E-state index in [1.54, 1.807) is 7.11 Å². The summed E-state index contributed by atoms with van der Waals surface area (Å²) in [5.74, 6) is 1.54. The molecule has 0 amide bonds. The Labute approximate surface area is 140 Å². The van der Waals surface area contributed by atoms with Gasteiger partial charge in [-0.3, -0.25) is 0 Å². The Balaban J connectivity index is 2.24. The zero-order chi connectivity index (χ0) is 17.5. The minimum Gasteiger partial charge on any atom is -0.496 e. The van der Waals surface area contributed by atoms with Gasteiger partial charge in [0.2, 0.25) is 11.8 Å². The number of hydrogen-bond donors (Lipinski definition) is 2. The van der Waals surface area contributed by atoms with Crippen molar-refractivity contribution in [3.8, 4) is 17.7 Å². The van der Waals surface area contributed by atoms with E-state index in [4.69, 9.17) is 15.2 Å². The van der Waals surface area contributed by atoms with E-state index in [0.717, 1.165) is 17.1 Å². The number of H-pyrrole nitrogens is 1. The van der Waals surface area contributed by atoms with Crippen molar-refractivity contribution in [2.24, 2.45) is 5.73 Å². The molecule has 3 N–H and O–H groups in total. The summed E-state index contributed by atoms with van der Waals surface area (Å²) in [6.07, 6.45) is 0. The van der Waals surface area contributed by atoms with E-state index in [0.29, 0.717) is 17.2 Å². The molecule has 24 heavy (non-hydrogen) atoms. The first-order valence-electron chi connectivity index (χ1n) is 7.67. The molecule has 1 atom stereocenters. The predicted molar refractivity (Wildman–Crippen MR) is 89.6 cm³/mol. The number of ether oxygens (including phenoxy) is 2. The monoisotopic (exact) mass is 324 g/mol. The molecule has 1 aromatic carbocycles. The quantitative estimate of drug-likeness (QED) is 0.885. The Morgan fingerprint density at radius 3 is 2.67 bits per heavy atom. The largest absolute Gasteiger partial charge is 0.496 e. The van der Waals surface area contributed by atoms with Gasteiger partial charge in [-0.15, -0.1) is 0 Å². The number of allylic oxidation sites excluding steroid dienone is 1. The van der Waals surface area contributed by atoms with Gasteiger partial charge >= 0.3 is 0 Å². The summed E-state index contributed by atoms with van der Waals surface area (Å²) >= 11 is 0. The highest BCUT2D eigenvalue weighted by molar-refractivity contribution is 5.55. The molecule has 0 fully saturated rings. The second-order valence-corrected chi connectivity index (χ2v) is 6.72. The van der Waals surface area contributed by atoms with Crippen LogP contribution >= 0.6 is 0 Å². The minimum atomic E-state index is -0.404. The fraction of sp³-hybridized carbons (Fsp3) is 0.333. The van der Waals surface area contributed by atoms with Gasteiger partial charge in [-0.25, -0.2) is 0 Å². The summed E-state index contributed by atoms with van der Waals surface area (Å²) < 4.78 is 11.1. The van der Waals surface area contributed by atoms with E-state index in [-0.39, 0.29) is 11.3 Å². The summed E-state index contributed by atoms with van der Waals surface area (Å²) in [4.78, 5) is 7.86. The van der Waals surface area contributed by atoms with Crippen LogP contribution in [0.2, 0.25) is 0 Å². The molecular weight excluding hydrogens is 304 g/mol. The summed E-state index contributed by atoms with van der Waals surface area (Å²) in [5, 5.41) is 9.61. The predicted octanol–water partition coefficient (Wildman–Crippen LogP) is 2.93. The Morgan fingerprint density at radius 2 is 2.04 bits per heavy atom. The number of fused-ring (bicyclic) bond motifs is 1. The molecule has 0 saturated carbocycles. The van der Waals surface area contributed by atoms with Crippen LogP contribution in [0.15, 0.2) is 35.7 Å². The van der Waals surface area contributed by atoms with E-state index in [2.05, 4.69) is 36.8 Å². The first kappa shape index (κ1) is 15.9. The first-order chi connectivity index (χ1) is 11.4. The lowest BCUT2D eigenvalue weighted by Gasteiger charge is -2.24. The smallest absolute Gasteiger partial charge is 0.243 e. The zero-order valence-electron chi connectivity index (χ0n) is 14.2. The van der Waals surface area contributed by atoms with Crippen molar-refractivity contribution in [2.75, 3.05) is 7.11 Å². The average molecular weight is 324 g/mol. The van der Waals surface area contributed by atoms with Crippen LogP contribution in [0.3, 0.4) is 0 Å². The van der Waals surface area contributed by atoms with Crippen molar-refractivity contribution in [1.29, 1.82) is 5.26 Å². The standard InChI is InChI=1S/C18H20N4O2/c1-18(2,3)17-21-14-13(10-7-5-6-8-12(10)23-4)11(9-19)15(20)24-16(14)22-17/h5-8,13H,20H2,1-4H3,(H,21,22). The summed E-state index contributed by atoms with van der Waals surface area (Å²) in [6.45, 7) is 6.16. The second kappa shape index (κ2) is 5.60. The normalized spacial score (nSPS) is 17.0. The lowest BCUT2D eigenvalue weighted by molar-refractivity contribution is 0.374. The molecule has 0 spiro atoms. The number of nitrogens with one attached hydrogen (secondary N) is 1. The van der Waals surface area contributed by atoms with Crippen LogP contribution in [-0.2, 0) is 5.41 Å². The highest BCUT2D eigenvalue weighted by Crippen LogP contribution is 2.44. The minimum absolute atomic E-state index is 0.0767. The average Bonchev–Trinajstić information content (AvgIpc) is 2.97. The third-order valence-corrected chi connectivity index (χ3v) is 4.03. The fourth-order valence-corrected chi connectivity index (χ4v) is 2.78. The Hall–Kier alpha value is -2.94. The molecule has 0 saturated heterocycles. The third kappa shape index (κ3) is 2.48. The van der Waals surface area contributed by atoms with Crippen LogP contribution in [0.5, 0.6) is 11.6 Å². The highest BCUT2D eigenvalue weighted by atomic mass is 16.5. The van der Waals surface area contributed by atoms with Crippen LogP contribution in [0.1, 0.15) is 43.8 Å². The van der Waals surface area contributed by atoms with E-state index < -0.39 is 5.92 Å². The van der Waals surface area contributed by atoms with Crippen LogP contribution < -0.4 is 15.2 Å². The number of benzene rings is 1. The van der Waals surface area contributed by atoms with Gasteiger partial charge in [0.15, 0.2) is 0 Å². The molecule has 0 radical (unpaired) electrons. The van der Waals surface area contributed by atoms with Crippen molar-refractivity contribution >= 4 is 0 Å². The molecule has 0 bridgehead atoms. The maximum absolute atomic E-state index is 9.61. The van der Waals surface area contributed by atoms with Crippen molar-refractivity contribution in [3.05, 3.63) is 52.8 Å². The second-order valence-electron chi connectivity index (χ2n) is 6.72. The SMILES string of the molecule is COc1ccccc1C1C(C#N)=C(N)Oc2nc(C(C)(C)C)[nH]c21. The molecule has 1 aliphatic heterocycles. The topological polar surface area (TPSA) is 96.9 Å². The fourth-order valence-electron chi connectivity index (χ4n) is 2.78. The molecule has 2 heterocycles. The number of rotatable bonds is 2. The first-order valence-corrected chi connectivity index (χ1v) is 7.67. The van der Waals surface area contributed by atoms with E-state index in [1.807, 2.05) is 24.3 Å². The van der Waals surface area contributed by atoms with Gasteiger partial charge in [-0.2, -0.15) is 10.2 Å². The van der Waals surface area contributed by atoms with Gasteiger partial charge < -0.3 is 20.2 Å². The van der Waals surface area contributed by atoms with Gasteiger partial charge in [0.25, 0.3) is 0 Å². The van der Waals surface area contributed by atoms with Crippen molar-refractivity contribution in [2.45, 2.75) is 32.1 Å². The van der Waals surface area contributed by atoms with Gasteiger partial charge in [0, 0.05) is 11.0 Å². The van der Waals surface area contributed by atoms with Gasteiger partial charge in [-0.1, -0.05) is 39.0 Å². The molecule has 3 rings (SSSR count). The lowest BCUT2D eigenvalue weighted by atomic mass is 9.87. The highest BCUT2D eigenvalue weighted by Gasteiger charge is 2.36. The maximum Gasteiger partial charge on any atom is 0.243 e. The molecule has 1 aliphatic rings. The van der Waals surface area contributed by atoms with Crippen molar-refractivity contribution < 1.29 is 9.47 Å². The number of methoxy groups -OCH3 is 1. The van der Waals surface area contributed by atoms with Gasteiger partial charge in [-0.05, 0) is 6.07 Å². The van der Waals surface area contributed by atoms with E-state index in [9.17, 15) is 5.26 Å². The van der Waals surface area contributed by atoms with Gasteiger partial charge in [0.05, 0.1) is 18.7 Å². The number of aromatic amines is 1. The number of hydrogen-bond acceptors (Lipinski definition) is 5. The molecule has 6 nitrogen and oxygen atoms in total. The van der Waals surface area contributed by atoms with Crippen LogP contribution in [-0.4, -0.2) is 17.1 Å². The Kier molecular flexibility index (Phi) is 3.72. The summed E-state index contributed by atoms with van der Waals surface area (Å²) in [7, 11) is 1.60. The molecule has 6 heteroatoms. The molecule has 124 valence electrons. The summed E-state index contributed by atoms with van der Waals surface area (Å²) in [5.41, 5.74) is 7.70. The van der Waals surface area contributed by atoms with Crippen LogP contribution in [0.4, 0.5) is 0 Å². The number of imidazole rings is 1. The number of para-hydroxylation sites is 1. The lowest BCUT2D eigenvalue weighted by Crippen LogP contribution is -2.21. The van der Waals surface area contributed by atoms with Crippen molar-refractivity contribution in [3.63, 3.8) is 0 Å². The number of aromatic nitrogens is 2. The van der Waals surface area contributed by atoms with Crippen LogP contribution in [0.25, 0.3) is 0 Å². The number of nitriles is 1. The Bertz CT molecular complexity index is 853. The van der Waals surface area contributed by atoms with Gasteiger partial charge in [0.1, 0.15) is 23.2 Å². The Morgan fingerprint density at radius 1 is 1.33 bits per heavy atom. The van der Waals surface area contributed by atoms with Crippen LogP contribution in [0, 0.1) is 11.3 Å². The molecular formula is C18H20N4O2. The van der Waals surface area contributed by atoms with E-state index >= 15 is 0 Å². The molecule has 2 aromatic rings. The maximum atomic E-state index is 9.61. The number of nitrogens with two attached hydrogens (primary N) is 1. The summed E-state index contributed by atoms with van der Waals surface area (Å²) in [6, 6.07) is 9.73. The van der Waals surface area contributed by atoms with E-state index in [1.165, 1.54) is 0 Å². The zero-order valence-corrected chi connectivity index (χ0v) is 14.2. The molecule has 1 aromatic heterocycles. The molecule has 0 aliphatic carbocycles. The third-order valence-electron chi connectivity index (χ3n) is 4.03. The molecule has 1 unspecified atom stereocenters. The van der Waals surface area contributed by atoms with Crippen molar-refractivity contribution in [1.82, 2.24) is 9.97 Å². The number of nitrogens with zero attached hydrogens (tertiary/aromatic N) is 2.